The van der Waals surface area contributed by atoms with Crippen molar-refractivity contribution in [3.05, 3.63) is 0 Å². The molecule has 0 aliphatic rings. The molecular weight excluding hydrogens is 344 g/mol. The summed E-state index contributed by atoms with van der Waals surface area (Å²) in [7, 11) is 0. The van der Waals surface area contributed by atoms with Crippen molar-refractivity contribution >= 4 is 23.9 Å². The Morgan fingerprint density at radius 3 is 1.50 bits per heavy atom. The molecule has 2 unspecified atom stereocenters. The minimum Gasteiger partial charge on any atom is -0.462 e. The van der Waals surface area contributed by atoms with E-state index in [0.29, 0.717) is 25.7 Å². The van der Waals surface area contributed by atoms with Crippen LogP contribution in [-0.4, -0.2) is 49.3 Å². The van der Waals surface area contributed by atoms with Crippen molar-refractivity contribution < 1.29 is 38.1 Å². The van der Waals surface area contributed by atoms with Gasteiger partial charge in [0.15, 0.2) is 0 Å². The second-order valence-electron chi connectivity index (χ2n) is 5.35. The highest BCUT2D eigenvalue weighted by atomic mass is 16.6. The van der Waals surface area contributed by atoms with Crippen molar-refractivity contribution in [2.75, 3.05) is 13.2 Å². The molecule has 0 aliphatic heterocycles. The molecule has 0 aliphatic carbocycles. The van der Waals surface area contributed by atoms with Gasteiger partial charge in [0.05, 0.1) is 0 Å². The Kier molecular flexibility index (Phi) is 16.4. The molecule has 0 rings (SSSR count). The molecule has 0 saturated heterocycles. The van der Waals surface area contributed by atoms with Crippen LogP contribution in [0.5, 0.6) is 0 Å². The van der Waals surface area contributed by atoms with E-state index in [-0.39, 0.29) is 49.3 Å². The van der Waals surface area contributed by atoms with Gasteiger partial charge in [-0.25, -0.2) is 0 Å². The summed E-state index contributed by atoms with van der Waals surface area (Å²) < 4.78 is 19.4. The van der Waals surface area contributed by atoms with Crippen LogP contribution in [0, 0.1) is 0 Å². The molecule has 0 aromatic carbocycles. The smallest absolute Gasteiger partial charge is 0.305 e. The minimum absolute atomic E-state index is 0.150. The van der Waals surface area contributed by atoms with E-state index in [1.165, 1.54) is 13.8 Å². The summed E-state index contributed by atoms with van der Waals surface area (Å²) in [5, 5.41) is 0. The van der Waals surface area contributed by atoms with Crippen LogP contribution in [0.4, 0.5) is 0 Å². The van der Waals surface area contributed by atoms with Crippen molar-refractivity contribution in [1.29, 1.82) is 0 Å². The van der Waals surface area contributed by atoms with Gasteiger partial charge in [0, 0.05) is 26.7 Å². The second kappa shape index (κ2) is 16.4. The second-order valence-corrected chi connectivity index (χ2v) is 5.35. The molecule has 0 N–H and O–H groups in total. The first-order valence-corrected chi connectivity index (χ1v) is 8.85. The lowest BCUT2D eigenvalue weighted by atomic mass is 10.3. The molecule has 0 radical (unpaired) electrons. The number of hydrogen-bond acceptors (Lipinski definition) is 8. The van der Waals surface area contributed by atoms with Crippen LogP contribution < -0.4 is 0 Å². The third-order valence-corrected chi connectivity index (χ3v) is 3.02. The highest BCUT2D eigenvalue weighted by Crippen LogP contribution is 2.01. The van der Waals surface area contributed by atoms with Crippen molar-refractivity contribution in [2.45, 2.75) is 79.4 Å². The van der Waals surface area contributed by atoms with Gasteiger partial charge in [-0.1, -0.05) is 27.7 Å². The van der Waals surface area contributed by atoms with E-state index >= 15 is 0 Å². The van der Waals surface area contributed by atoms with Gasteiger partial charge in [-0.05, 0) is 12.8 Å². The molecule has 26 heavy (non-hydrogen) atoms. The molecule has 0 fully saturated rings. The standard InChI is InChI=1S/2C9H16O4/c1-4-8(13-7(3)10)6-12-9(11)5-2;1-4-8(6-12-7(3)10)13-9(11)5-2/h2*8H,4-6H2,1-3H3. The Hall–Kier alpha value is -2.12. The van der Waals surface area contributed by atoms with Gasteiger partial charge in [-0.3, -0.25) is 19.2 Å². The lowest BCUT2D eigenvalue weighted by molar-refractivity contribution is -0.157. The normalized spacial score (nSPS) is 11.9. The van der Waals surface area contributed by atoms with Gasteiger partial charge in [-0.15, -0.1) is 0 Å². The fourth-order valence-corrected chi connectivity index (χ4v) is 1.47. The van der Waals surface area contributed by atoms with Crippen LogP contribution in [0.25, 0.3) is 0 Å². The molecule has 0 amide bonds. The SMILES string of the molecule is CCC(=O)OC(CC)COC(C)=O.CCC(=O)OCC(CC)OC(C)=O. The van der Waals surface area contributed by atoms with E-state index in [0.717, 1.165) is 0 Å². The van der Waals surface area contributed by atoms with Crippen LogP contribution in [0.3, 0.4) is 0 Å². The highest BCUT2D eigenvalue weighted by molar-refractivity contribution is 5.69. The summed E-state index contributed by atoms with van der Waals surface area (Å²) in [6.07, 6.45) is 1.37. The molecule has 0 bridgehead atoms. The van der Waals surface area contributed by atoms with Gasteiger partial charge < -0.3 is 18.9 Å². The number of carbonyl (C=O) groups excluding carboxylic acids is 4. The van der Waals surface area contributed by atoms with E-state index in [4.69, 9.17) is 18.9 Å². The average molecular weight is 376 g/mol. The summed E-state index contributed by atoms with van der Waals surface area (Å²) in [5.74, 6) is -1.24. The largest absolute Gasteiger partial charge is 0.462 e. The van der Waals surface area contributed by atoms with E-state index < -0.39 is 0 Å². The van der Waals surface area contributed by atoms with Crippen LogP contribution in [0.1, 0.15) is 67.2 Å². The Bertz CT molecular complexity index is 433. The molecule has 152 valence electrons. The number of hydrogen-bond donors (Lipinski definition) is 0. The zero-order valence-electron chi connectivity index (χ0n) is 16.7. The fraction of sp³-hybridized carbons (Fsp3) is 0.778. The zero-order chi connectivity index (χ0) is 20.5. The number of esters is 4. The molecule has 0 spiro atoms. The number of carbonyl (C=O) groups is 4. The molecule has 0 aromatic heterocycles. The predicted molar refractivity (Wildman–Crippen MR) is 94.2 cm³/mol. The van der Waals surface area contributed by atoms with Crippen LogP contribution in [0.2, 0.25) is 0 Å². The van der Waals surface area contributed by atoms with Crippen LogP contribution in [0.15, 0.2) is 0 Å². The third-order valence-electron chi connectivity index (χ3n) is 3.02. The maximum atomic E-state index is 10.9. The van der Waals surface area contributed by atoms with Crippen LogP contribution in [-0.2, 0) is 38.1 Å². The number of ether oxygens (including phenoxy) is 4. The Morgan fingerprint density at radius 1 is 0.654 bits per heavy atom. The Labute approximate surface area is 155 Å². The van der Waals surface area contributed by atoms with Crippen molar-refractivity contribution in [2.24, 2.45) is 0 Å². The van der Waals surface area contributed by atoms with Crippen molar-refractivity contribution in [3.63, 3.8) is 0 Å². The van der Waals surface area contributed by atoms with Crippen molar-refractivity contribution in [3.8, 4) is 0 Å². The lowest BCUT2D eigenvalue weighted by Gasteiger charge is -2.14. The van der Waals surface area contributed by atoms with Gasteiger partial charge in [0.25, 0.3) is 0 Å². The Morgan fingerprint density at radius 2 is 1.12 bits per heavy atom. The molecule has 2 atom stereocenters. The lowest BCUT2D eigenvalue weighted by Crippen LogP contribution is -2.23. The molecule has 0 heterocycles. The van der Waals surface area contributed by atoms with Crippen molar-refractivity contribution in [1.82, 2.24) is 0 Å². The molecule has 0 saturated carbocycles. The van der Waals surface area contributed by atoms with E-state index in [2.05, 4.69) is 0 Å². The van der Waals surface area contributed by atoms with Crippen LogP contribution >= 0.6 is 0 Å². The summed E-state index contributed by atoms with van der Waals surface area (Å²) in [4.78, 5) is 42.6. The topological polar surface area (TPSA) is 105 Å². The first kappa shape index (κ1) is 26.1. The quantitative estimate of drug-likeness (QED) is 0.423. The number of rotatable bonds is 10. The first-order valence-electron chi connectivity index (χ1n) is 8.85. The summed E-state index contributed by atoms with van der Waals surface area (Å²) >= 11 is 0. The summed E-state index contributed by atoms with van der Waals surface area (Å²) in [6.45, 7) is 10.2. The maximum absolute atomic E-state index is 10.9. The van der Waals surface area contributed by atoms with Gasteiger partial charge in [0.1, 0.15) is 25.4 Å². The molecule has 8 heteroatoms. The van der Waals surface area contributed by atoms with Gasteiger partial charge in [0.2, 0.25) is 0 Å². The highest BCUT2D eigenvalue weighted by Gasteiger charge is 2.12. The van der Waals surface area contributed by atoms with Gasteiger partial charge in [-0.2, -0.15) is 0 Å². The zero-order valence-corrected chi connectivity index (χ0v) is 16.7. The van der Waals surface area contributed by atoms with E-state index in [1.807, 2.05) is 13.8 Å². The third kappa shape index (κ3) is 16.7. The average Bonchev–Trinajstić information content (AvgIpc) is 2.61. The molecular formula is C18H32O8. The van der Waals surface area contributed by atoms with E-state index in [1.54, 1.807) is 13.8 Å². The monoisotopic (exact) mass is 376 g/mol. The van der Waals surface area contributed by atoms with Gasteiger partial charge >= 0.3 is 23.9 Å². The molecule has 0 aromatic rings. The molecule has 8 nitrogen and oxygen atoms in total. The fourth-order valence-electron chi connectivity index (χ4n) is 1.47. The first-order chi connectivity index (χ1) is 12.2. The minimum atomic E-state index is -0.356. The summed E-state index contributed by atoms with van der Waals surface area (Å²) in [6, 6.07) is 0. The maximum Gasteiger partial charge on any atom is 0.305 e. The Balaban J connectivity index is 0. The predicted octanol–water partition coefficient (Wildman–Crippen LogP) is 2.56. The summed E-state index contributed by atoms with van der Waals surface area (Å²) in [5.41, 5.74) is 0. The van der Waals surface area contributed by atoms with E-state index in [9.17, 15) is 19.2 Å².